The number of halogens is 1. The standard InChI is InChI=1S/C15H16ClN3O/c1-10(11-5-7-18-8-6-11)19(2)15(20)13-4-3-12(17)9-14(13)16/h3-10H,17H2,1-2H3. The van der Waals surface area contributed by atoms with Crippen molar-refractivity contribution in [2.75, 3.05) is 12.8 Å². The Morgan fingerprint density at radius 2 is 1.95 bits per heavy atom. The molecule has 20 heavy (non-hydrogen) atoms. The Balaban J connectivity index is 2.24. The number of carbonyl (C=O) groups is 1. The second-order valence-electron chi connectivity index (χ2n) is 4.61. The van der Waals surface area contributed by atoms with E-state index < -0.39 is 0 Å². The van der Waals surface area contributed by atoms with E-state index in [9.17, 15) is 4.79 Å². The lowest BCUT2D eigenvalue weighted by Gasteiger charge is -2.25. The van der Waals surface area contributed by atoms with Crippen LogP contribution in [0.1, 0.15) is 28.9 Å². The normalized spacial score (nSPS) is 11.9. The molecular formula is C15H16ClN3O. The van der Waals surface area contributed by atoms with Gasteiger partial charge in [-0.2, -0.15) is 0 Å². The van der Waals surface area contributed by atoms with Gasteiger partial charge in [-0.1, -0.05) is 11.6 Å². The number of carbonyl (C=O) groups excluding carboxylic acids is 1. The zero-order valence-corrected chi connectivity index (χ0v) is 12.1. The second-order valence-corrected chi connectivity index (χ2v) is 5.02. The SMILES string of the molecule is CC(c1ccncc1)N(C)C(=O)c1ccc(N)cc1Cl. The van der Waals surface area contributed by atoms with Crippen molar-refractivity contribution < 1.29 is 4.79 Å². The Labute approximate surface area is 123 Å². The maximum atomic E-state index is 12.5. The zero-order valence-electron chi connectivity index (χ0n) is 11.4. The van der Waals surface area contributed by atoms with Crippen molar-refractivity contribution in [3.63, 3.8) is 0 Å². The first kappa shape index (κ1) is 14.3. The molecule has 5 heteroatoms. The van der Waals surface area contributed by atoms with Gasteiger partial charge < -0.3 is 10.6 Å². The van der Waals surface area contributed by atoms with Gasteiger partial charge in [0, 0.05) is 25.1 Å². The van der Waals surface area contributed by atoms with Crippen LogP contribution in [-0.4, -0.2) is 22.8 Å². The third-order valence-corrected chi connectivity index (χ3v) is 3.63. The van der Waals surface area contributed by atoms with Crippen molar-refractivity contribution in [1.29, 1.82) is 0 Å². The van der Waals surface area contributed by atoms with E-state index in [-0.39, 0.29) is 11.9 Å². The minimum Gasteiger partial charge on any atom is -0.399 e. The van der Waals surface area contributed by atoms with Crippen LogP contribution in [0.3, 0.4) is 0 Å². The molecule has 4 nitrogen and oxygen atoms in total. The summed E-state index contributed by atoms with van der Waals surface area (Å²) in [6.07, 6.45) is 3.42. The first-order valence-corrected chi connectivity index (χ1v) is 6.60. The monoisotopic (exact) mass is 289 g/mol. The summed E-state index contributed by atoms with van der Waals surface area (Å²) < 4.78 is 0. The molecule has 1 aromatic carbocycles. The molecule has 0 aliphatic carbocycles. The predicted molar refractivity (Wildman–Crippen MR) is 80.6 cm³/mol. The van der Waals surface area contributed by atoms with Crippen LogP contribution in [0.4, 0.5) is 5.69 Å². The molecule has 0 aliphatic heterocycles. The van der Waals surface area contributed by atoms with Crippen LogP contribution in [0.5, 0.6) is 0 Å². The molecule has 2 N–H and O–H groups in total. The van der Waals surface area contributed by atoms with Crippen molar-refractivity contribution in [3.05, 3.63) is 58.9 Å². The molecule has 104 valence electrons. The van der Waals surface area contributed by atoms with Gasteiger partial charge in [0.15, 0.2) is 0 Å². The van der Waals surface area contributed by atoms with Gasteiger partial charge in [-0.15, -0.1) is 0 Å². The first-order valence-electron chi connectivity index (χ1n) is 6.23. The number of nitrogens with two attached hydrogens (primary N) is 1. The molecule has 0 bridgehead atoms. The number of anilines is 1. The lowest BCUT2D eigenvalue weighted by molar-refractivity contribution is 0.0743. The van der Waals surface area contributed by atoms with Crippen LogP contribution in [0.2, 0.25) is 5.02 Å². The van der Waals surface area contributed by atoms with E-state index in [4.69, 9.17) is 17.3 Å². The maximum absolute atomic E-state index is 12.5. The number of pyridine rings is 1. The third kappa shape index (κ3) is 2.91. The number of benzene rings is 1. The van der Waals surface area contributed by atoms with Gasteiger partial charge in [-0.05, 0) is 42.8 Å². The van der Waals surface area contributed by atoms with Crippen LogP contribution < -0.4 is 5.73 Å². The highest BCUT2D eigenvalue weighted by Gasteiger charge is 2.20. The summed E-state index contributed by atoms with van der Waals surface area (Å²) in [6, 6.07) is 8.61. The molecule has 1 heterocycles. The number of amides is 1. The van der Waals surface area contributed by atoms with E-state index in [1.165, 1.54) is 0 Å². The smallest absolute Gasteiger partial charge is 0.255 e. The highest BCUT2D eigenvalue weighted by Crippen LogP contribution is 2.24. The largest absolute Gasteiger partial charge is 0.399 e. The summed E-state index contributed by atoms with van der Waals surface area (Å²) in [7, 11) is 1.75. The summed E-state index contributed by atoms with van der Waals surface area (Å²) in [5.74, 6) is -0.140. The van der Waals surface area contributed by atoms with E-state index in [1.54, 1.807) is 42.5 Å². The van der Waals surface area contributed by atoms with E-state index in [2.05, 4.69) is 4.98 Å². The number of aromatic nitrogens is 1. The topological polar surface area (TPSA) is 59.2 Å². The fraction of sp³-hybridized carbons (Fsp3) is 0.200. The highest BCUT2D eigenvalue weighted by atomic mass is 35.5. The number of hydrogen-bond donors (Lipinski definition) is 1. The van der Waals surface area contributed by atoms with Crippen molar-refractivity contribution in [2.24, 2.45) is 0 Å². The Hall–Kier alpha value is -2.07. The number of nitrogens with zero attached hydrogens (tertiary/aromatic N) is 2. The predicted octanol–water partition coefficient (Wildman–Crippen LogP) is 3.15. The Morgan fingerprint density at radius 3 is 2.55 bits per heavy atom. The van der Waals surface area contributed by atoms with Crippen LogP contribution in [-0.2, 0) is 0 Å². The molecule has 0 fully saturated rings. The fourth-order valence-corrected chi connectivity index (χ4v) is 2.21. The van der Waals surface area contributed by atoms with E-state index in [0.717, 1.165) is 5.56 Å². The first-order chi connectivity index (χ1) is 9.50. The molecule has 0 saturated carbocycles. The molecule has 2 rings (SSSR count). The van der Waals surface area contributed by atoms with Crippen LogP contribution in [0.25, 0.3) is 0 Å². The molecule has 1 unspecified atom stereocenters. The van der Waals surface area contributed by atoms with Gasteiger partial charge in [0.1, 0.15) is 0 Å². The summed E-state index contributed by atoms with van der Waals surface area (Å²) >= 11 is 6.08. The minimum absolute atomic E-state index is 0.0703. The van der Waals surface area contributed by atoms with Crippen molar-refractivity contribution in [1.82, 2.24) is 9.88 Å². The second kappa shape index (κ2) is 5.92. The van der Waals surface area contributed by atoms with E-state index in [1.807, 2.05) is 19.1 Å². The van der Waals surface area contributed by atoms with Gasteiger partial charge in [0.2, 0.25) is 0 Å². The lowest BCUT2D eigenvalue weighted by Crippen LogP contribution is -2.29. The quantitative estimate of drug-likeness (QED) is 0.883. The van der Waals surface area contributed by atoms with Gasteiger partial charge in [-0.25, -0.2) is 0 Å². The molecule has 0 saturated heterocycles. The average molecular weight is 290 g/mol. The van der Waals surface area contributed by atoms with Crippen LogP contribution in [0.15, 0.2) is 42.7 Å². The molecule has 1 atom stereocenters. The fourth-order valence-electron chi connectivity index (χ4n) is 1.94. The van der Waals surface area contributed by atoms with Crippen LogP contribution >= 0.6 is 11.6 Å². The van der Waals surface area contributed by atoms with E-state index >= 15 is 0 Å². The van der Waals surface area contributed by atoms with Crippen molar-refractivity contribution >= 4 is 23.2 Å². The molecule has 0 aliphatic rings. The molecule has 0 spiro atoms. The molecule has 1 aromatic heterocycles. The summed E-state index contributed by atoms with van der Waals surface area (Å²) in [5, 5.41) is 0.365. The molecular weight excluding hydrogens is 274 g/mol. The summed E-state index contributed by atoms with van der Waals surface area (Å²) in [6.45, 7) is 1.96. The minimum atomic E-state index is -0.140. The maximum Gasteiger partial charge on any atom is 0.255 e. The number of nitrogen functional groups attached to an aromatic ring is 1. The average Bonchev–Trinajstić information content (AvgIpc) is 2.46. The van der Waals surface area contributed by atoms with Gasteiger partial charge >= 0.3 is 0 Å². The summed E-state index contributed by atoms with van der Waals surface area (Å²) in [5.41, 5.74) is 7.64. The molecule has 0 radical (unpaired) electrons. The van der Waals surface area contributed by atoms with Gasteiger partial charge in [0.05, 0.1) is 16.6 Å². The summed E-state index contributed by atoms with van der Waals surface area (Å²) in [4.78, 5) is 18.1. The zero-order chi connectivity index (χ0) is 14.7. The highest BCUT2D eigenvalue weighted by molar-refractivity contribution is 6.34. The Bertz CT molecular complexity index is 616. The number of rotatable bonds is 3. The third-order valence-electron chi connectivity index (χ3n) is 3.31. The van der Waals surface area contributed by atoms with Crippen LogP contribution in [0, 0.1) is 0 Å². The molecule has 2 aromatic rings. The van der Waals surface area contributed by atoms with E-state index in [0.29, 0.717) is 16.3 Å². The lowest BCUT2D eigenvalue weighted by atomic mass is 10.1. The van der Waals surface area contributed by atoms with Gasteiger partial charge in [0.25, 0.3) is 5.91 Å². The van der Waals surface area contributed by atoms with Gasteiger partial charge in [-0.3, -0.25) is 9.78 Å². The van der Waals surface area contributed by atoms with Crippen molar-refractivity contribution in [3.8, 4) is 0 Å². The number of hydrogen-bond acceptors (Lipinski definition) is 3. The molecule has 1 amide bonds. The Morgan fingerprint density at radius 1 is 1.30 bits per heavy atom. The van der Waals surface area contributed by atoms with Crippen molar-refractivity contribution in [2.45, 2.75) is 13.0 Å². The Kier molecular flexibility index (Phi) is 4.25.